The Hall–Kier alpha value is -1.21. The molecule has 3 aliphatic rings. The molecule has 1 aromatic rings. The molecular weight excluding hydrogens is 454 g/mol. The number of carbonyl (C=O) groups excluding carboxylic acids is 3. The summed E-state index contributed by atoms with van der Waals surface area (Å²) in [4.78, 5) is 39.0. The van der Waals surface area contributed by atoms with Crippen LogP contribution < -0.4 is 0 Å². The van der Waals surface area contributed by atoms with Crippen molar-refractivity contribution in [1.82, 2.24) is 4.90 Å². The molecule has 1 saturated heterocycles. The number of carbonyl (C=O) groups is 3. The number of esters is 1. The summed E-state index contributed by atoms with van der Waals surface area (Å²) in [5.41, 5.74) is 0.870. The van der Waals surface area contributed by atoms with Crippen LogP contribution in [0.25, 0.3) is 0 Å². The molecule has 132 valence electrons. The van der Waals surface area contributed by atoms with Crippen LogP contribution in [0.2, 0.25) is 0 Å². The number of rotatable bonds is 4. The first-order valence-electron chi connectivity index (χ1n) is 8.32. The van der Waals surface area contributed by atoms with Gasteiger partial charge in [-0.05, 0) is 23.8 Å². The highest BCUT2D eigenvalue weighted by molar-refractivity contribution is 9.12. The number of benzene rings is 1. The van der Waals surface area contributed by atoms with Crippen molar-refractivity contribution in [3.8, 4) is 0 Å². The summed E-state index contributed by atoms with van der Waals surface area (Å²) in [6.07, 6.45) is 0.880. The Labute approximate surface area is 162 Å². The van der Waals surface area contributed by atoms with Crippen molar-refractivity contribution in [2.75, 3.05) is 6.54 Å². The molecule has 6 atom stereocenters. The van der Waals surface area contributed by atoms with Gasteiger partial charge in [0.05, 0.1) is 11.8 Å². The second-order valence-corrected chi connectivity index (χ2v) is 9.03. The van der Waals surface area contributed by atoms with Crippen LogP contribution in [0, 0.1) is 23.7 Å². The average Bonchev–Trinajstić information content (AvgIpc) is 3.21. The van der Waals surface area contributed by atoms with E-state index in [4.69, 9.17) is 4.74 Å². The summed E-state index contributed by atoms with van der Waals surface area (Å²) in [5, 5.41) is 0. The first-order chi connectivity index (χ1) is 12.0. The highest BCUT2D eigenvalue weighted by Crippen LogP contribution is 2.60. The SMILES string of the molecule is O=C(CN1C(=O)[C@@H]2[C@H]3C[C@@H]([C@H](Br)[C@H]3Br)[C@@H]2C1=O)OCc1ccccc1. The van der Waals surface area contributed by atoms with Gasteiger partial charge in [-0.15, -0.1) is 0 Å². The molecule has 0 spiro atoms. The fourth-order valence-corrected chi connectivity index (χ4v) is 6.35. The number of ether oxygens (including phenoxy) is 1. The van der Waals surface area contributed by atoms with Gasteiger partial charge in [0.25, 0.3) is 0 Å². The van der Waals surface area contributed by atoms with Gasteiger partial charge in [-0.1, -0.05) is 62.2 Å². The van der Waals surface area contributed by atoms with E-state index in [1.807, 2.05) is 30.3 Å². The molecule has 1 heterocycles. The zero-order valence-electron chi connectivity index (χ0n) is 13.3. The largest absolute Gasteiger partial charge is 0.459 e. The lowest BCUT2D eigenvalue weighted by molar-refractivity contribution is -0.154. The highest BCUT2D eigenvalue weighted by Gasteiger charge is 2.66. The zero-order chi connectivity index (χ0) is 17.7. The maximum absolute atomic E-state index is 12.7. The molecule has 4 rings (SSSR count). The number of hydrogen-bond donors (Lipinski definition) is 0. The number of imide groups is 1. The molecule has 0 unspecified atom stereocenters. The quantitative estimate of drug-likeness (QED) is 0.385. The van der Waals surface area contributed by atoms with Crippen LogP contribution in [0.5, 0.6) is 0 Å². The molecule has 2 saturated carbocycles. The van der Waals surface area contributed by atoms with Crippen LogP contribution in [0.1, 0.15) is 12.0 Å². The predicted molar refractivity (Wildman–Crippen MR) is 97.0 cm³/mol. The maximum Gasteiger partial charge on any atom is 0.326 e. The van der Waals surface area contributed by atoms with Crippen LogP contribution in [0.4, 0.5) is 0 Å². The molecule has 7 heteroatoms. The first kappa shape index (κ1) is 17.2. The van der Waals surface area contributed by atoms with Crippen LogP contribution >= 0.6 is 31.9 Å². The fraction of sp³-hybridized carbons (Fsp3) is 0.500. The molecule has 2 bridgehead atoms. The normalized spacial score (nSPS) is 36.0. The topological polar surface area (TPSA) is 63.7 Å². The van der Waals surface area contributed by atoms with Crippen molar-refractivity contribution in [1.29, 1.82) is 0 Å². The van der Waals surface area contributed by atoms with Gasteiger partial charge < -0.3 is 4.74 Å². The molecule has 0 radical (unpaired) electrons. The van der Waals surface area contributed by atoms with E-state index in [9.17, 15) is 14.4 Å². The second-order valence-electron chi connectivity index (χ2n) is 6.91. The molecule has 5 nitrogen and oxygen atoms in total. The van der Waals surface area contributed by atoms with Crippen molar-refractivity contribution in [2.45, 2.75) is 22.7 Å². The second kappa shape index (κ2) is 6.50. The smallest absolute Gasteiger partial charge is 0.326 e. The third-order valence-electron chi connectivity index (χ3n) is 5.61. The lowest BCUT2D eigenvalue weighted by Gasteiger charge is -2.28. The van der Waals surface area contributed by atoms with Gasteiger partial charge in [-0.3, -0.25) is 19.3 Å². The molecule has 0 aromatic heterocycles. The lowest BCUT2D eigenvalue weighted by atomic mass is 9.81. The molecule has 2 amide bonds. The van der Waals surface area contributed by atoms with E-state index in [2.05, 4.69) is 31.9 Å². The minimum absolute atomic E-state index is 0.140. The number of amides is 2. The summed E-state index contributed by atoms with van der Waals surface area (Å²) in [6.45, 7) is -0.155. The van der Waals surface area contributed by atoms with E-state index in [-0.39, 0.29) is 58.3 Å². The van der Waals surface area contributed by atoms with Gasteiger partial charge in [0.15, 0.2) is 0 Å². The average molecular weight is 471 g/mol. The highest BCUT2D eigenvalue weighted by atomic mass is 79.9. The predicted octanol–water partition coefficient (Wildman–Crippen LogP) is 2.51. The Balaban J connectivity index is 1.41. The standard InChI is InChI=1S/C18H17Br2NO4/c19-15-10-6-11(16(15)20)14-13(10)17(23)21(18(14)24)7-12(22)25-8-9-4-2-1-3-5-9/h1-5,10-11,13-16H,6-8H2/t10-,11-,13-,14+,15+,16+/m1/s1. The van der Waals surface area contributed by atoms with Crippen LogP contribution in [-0.2, 0) is 25.7 Å². The van der Waals surface area contributed by atoms with E-state index >= 15 is 0 Å². The van der Waals surface area contributed by atoms with Crippen molar-refractivity contribution in [3.63, 3.8) is 0 Å². The van der Waals surface area contributed by atoms with E-state index in [1.165, 1.54) is 0 Å². The van der Waals surface area contributed by atoms with Gasteiger partial charge in [0.2, 0.25) is 11.8 Å². The van der Waals surface area contributed by atoms with E-state index in [1.54, 1.807) is 0 Å². The van der Waals surface area contributed by atoms with Crippen LogP contribution in [0.3, 0.4) is 0 Å². The Morgan fingerprint density at radius 2 is 1.60 bits per heavy atom. The van der Waals surface area contributed by atoms with Gasteiger partial charge in [0, 0.05) is 9.65 Å². The summed E-state index contributed by atoms with van der Waals surface area (Å²) in [7, 11) is 0. The Kier molecular flexibility index (Phi) is 4.48. The van der Waals surface area contributed by atoms with Crippen LogP contribution in [-0.4, -0.2) is 38.9 Å². The van der Waals surface area contributed by atoms with Gasteiger partial charge in [-0.25, -0.2) is 0 Å². The number of halogens is 2. The molecule has 1 aliphatic heterocycles. The summed E-state index contributed by atoms with van der Waals surface area (Å²) < 4.78 is 5.22. The molecular formula is C18H17Br2NO4. The van der Waals surface area contributed by atoms with Gasteiger partial charge >= 0.3 is 5.97 Å². The van der Waals surface area contributed by atoms with Crippen molar-refractivity contribution in [2.24, 2.45) is 23.7 Å². The molecule has 3 fully saturated rings. The van der Waals surface area contributed by atoms with Crippen molar-refractivity contribution < 1.29 is 19.1 Å². The van der Waals surface area contributed by atoms with Gasteiger partial charge in [-0.2, -0.15) is 0 Å². The number of hydrogen-bond acceptors (Lipinski definition) is 4. The Bertz CT molecular complexity index is 693. The first-order valence-corrected chi connectivity index (χ1v) is 10.1. The maximum atomic E-state index is 12.7. The zero-order valence-corrected chi connectivity index (χ0v) is 16.5. The van der Waals surface area contributed by atoms with Crippen molar-refractivity contribution in [3.05, 3.63) is 35.9 Å². The number of alkyl halides is 2. The molecule has 25 heavy (non-hydrogen) atoms. The molecule has 1 aromatic carbocycles. The molecule has 2 aliphatic carbocycles. The number of fused-ring (bicyclic) bond motifs is 5. The minimum atomic E-state index is -0.552. The Morgan fingerprint density at radius 1 is 1.04 bits per heavy atom. The number of likely N-dealkylation sites (tertiary alicyclic amines) is 1. The summed E-state index contributed by atoms with van der Waals surface area (Å²) in [5.74, 6) is -1.27. The lowest BCUT2D eigenvalue weighted by Crippen LogP contribution is -2.38. The van der Waals surface area contributed by atoms with Crippen molar-refractivity contribution >= 4 is 49.6 Å². The van der Waals surface area contributed by atoms with Crippen LogP contribution in [0.15, 0.2) is 30.3 Å². The van der Waals surface area contributed by atoms with Gasteiger partial charge in [0.1, 0.15) is 13.2 Å². The minimum Gasteiger partial charge on any atom is -0.459 e. The Morgan fingerprint density at radius 3 is 2.16 bits per heavy atom. The molecule has 0 N–H and O–H groups in total. The third-order valence-corrected chi connectivity index (χ3v) is 8.81. The summed E-state index contributed by atoms with van der Waals surface area (Å²) >= 11 is 7.29. The third kappa shape index (κ3) is 2.76. The fourth-order valence-electron chi connectivity index (χ4n) is 4.48. The van der Waals surface area contributed by atoms with E-state index in [0.717, 1.165) is 16.9 Å². The monoisotopic (exact) mass is 469 g/mol. The van der Waals surface area contributed by atoms with E-state index in [0.29, 0.717) is 0 Å². The number of nitrogens with zero attached hydrogens (tertiary/aromatic N) is 1. The van der Waals surface area contributed by atoms with E-state index < -0.39 is 5.97 Å². The summed E-state index contributed by atoms with van der Waals surface area (Å²) in [6, 6.07) is 9.32.